The zero-order valence-electron chi connectivity index (χ0n) is 9.98. The molecule has 2 heteroatoms. The van der Waals surface area contributed by atoms with Crippen LogP contribution in [0.15, 0.2) is 47.5 Å². The van der Waals surface area contributed by atoms with E-state index in [4.69, 9.17) is 1.37 Å². The minimum atomic E-state index is -0.333. The highest BCUT2D eigenvalue weighted by Crippen LogP contribution is 2.19. The van der Waals surface area contributed by atoms with Crippen molar-refractivity contribution in [2.24, 2.45) is 4.99 Å². The first-order valence-corrected chi connectivity index (χ1v) is 5.52. The summed E-state index contributed by atoms with van der Waals surface area (Å²) in [7, 11) is 0. The Morgan fingerprint density at radius 1 is 1.19 bits per heavy atom. The summed E-state index contributed by atoms with van der Waals surface area (Å²) in [5, 5.41) is 5.71. The Kier molecular flexibility index (Phi) is 2.07. The molecule has 0 bridgehead atoms. The third-order valence-electron chi connectivity index (χ3n) is 2.88. The second-order valence-electron chi connectivity index (χ2n) is 3.95. The maximum Gasteiger partial charge on any atom is 0.101 e. The number of amidine groups is 1. The van der Waals surface area contributed by atoms with E-state index in [1.807, 2.05) is 0 Å². The topological polar surface area (TPSA) is 24.4 Å². The molecule has 0 saturated heterocycles. The van der Waals surface area contributed by atoms with Gasteiger partial charge in [-0.1, -0.05) is 42.5 Å². The van der Waals surface area contributed by atoms with Gasteiger partial charge in [0.05, 0.1) is 7.89 Å². The Bertz CT molecular complexity index is 572. The molecule has 80 valence electrons. The minimum absolute atomic E-state index is 0.333. The minimum Gasteiger partial charge on any atom is -0.372 e. The van der Waals surface area contributed by atoms with Gasteiger partial charge in [0.25, 0.3) is 0 Å². The molecule has 2 aromatic rings. The summed E-state index contributed by atoms with van der Waals surface area (Å²) in [5.41, 5.74) is 1.27. The number of nitrogens with zero attached hydrogens (tertiary/aromatic N) is 1. The maximum atomic E-state index is 7.54. The normalized spacial score (nSPS) is 20.4. The first-order valence-electron chi connectivity index (χ1n) is 6.10. The predicted octanol–water partition coefficient (Wildman–Crippen LogP) is 2.38. The van der Waals surface area contributed by atoms with E-state index in [0.717, 1.165) is 12.3 Å². The molecule has 0 spiro atoms. The molecular formula is C14H14N2. The van der Waals surface area contributed by atoms with Gasteiger partial charge in [-0.15, -0.1) is 0 Å². The van der Waals surface area contributed by atoms with Crippen molar-refractivity contribution in [3.8, 4) is 0 Å². The van der Waals surface area contributed by atoms with Gasteiger partial charge < -0.3 is 5.32 Å². The Morgan fingerprint density at radius 2 is 2.06 bits per heavy atom. The van der Waals surface area contributed by atoms with E-state index in [0.29, 0.717) is 6.54 Å². The molecule has 2 aromatic carbocycles. The Morgan fingerprint density at radius 3 is 2.94 bits per heavy atom. The summed E-state index contributed by atoms with van der Waals surface area (Å²) < 4.78 is 7.54. The molecule has 0 aromatic heterocycles. The molecule has 1 aliphatic rings. The predicted molar refractivity (Wildman–Crippen MR) is 68.0 cm³/mol. The van der Waals surface area contributed by atoms with Gasteiger partial charge in [-0.05, 0) is 16.3 Å². The molecule has 16 heavy (non-hydrogen) atoms. The van der Waals surface area contributed by atoms with Gasteiger partial charge in [-0.2, -0.15) is 0 Å². The Balaban J connectivity index is 1.98. The van der Waals surface area contributed by atoms with Crippen molar-refractivity contribution in [3.63, 3.8) is 0 Å². The van der Waals surface area contributed by atoms with Crippen molar-refractivity contribution >= 4 is 16.6 Å². The average Bonchev–Trinajstić information content (AvgIpc) is 2.75. The fourth-order valence-corrected chi connectivity index (χ4v) is 2.10. The molecule has 1 unspecified atom stereocenters. The van der Waals surface area contributed by atoms with Gasteiger partial charge in [-0.3, -0.25) is 4.99 Å². The van der Waals surface area contributed by atoms with Crippen molar-refractivity contribution in [3.05, 3.63) is 48.0 Å². The molecule has 3 rings (SSSR count). The van der Waals surface area contributed by atoms with Gasteiger partial charge in [0.1, 0.15) is 5.84 Å². The van der Waals surface area contributed by atoms with Crippen molar-refractivity contribution in [1.82, 2.24) is 5.32 Å². The quantitative estimate of drug-likeness (QED) is 0.812. The first kappa shape index (κ1) is 8.34. The van der Waals surface area contributed by atoms with E-state index in [9.17, 15) is 0 Å². The van der Waals surface area contributed by atoms with E-state index >= 15 is 0 Å². The lowest BCUT2D eigenvalue weighted by molar-refractivity contribution is 0.954. The summed E-state index contributed by atoms with van der Waals surface area (Å²) in [5.74, 6) is 0.932. The molecule has 0 radical (unpaired) electrons. The third kappa shape index (κ3) is 1.67. The van der Waals surface area contributed by atoms with Crippen molar-refractivity contribution in [2.45, 2.75) is 6.42 Å². The van der Waals surface area contributed by atoms with Crippen molar-refractivity contribution in [2.75, 3.05) is 13.1 Å². The van der Waals surface area contributed by atoms with E-state index < -0.39 is 0 Å². The van der Waals surface area contributed by atoms with Crippen LogP contribution in [0.2, 0.25) is 0 Å². The van der Waals surface area contributed by atoms with Crippen LogP contribution in [0.4, 0.5) is 0 Å². The van der Waals surface area contributed by atoms with Crippen LogP contribution in [0.25, 0.3) is 10.8 Å². The van der Waals surface area contributed by atoms with Crippen LogP contribution < -0.4 is 5.32 Å². The summed E-state index contributed by atoms with van der Waals surface area (Å²) in [6, 6.07) is 14.7. The van der Waals surface area contributed by atoms with Gasteiger partial charge in [0.15, 0.2) is 0 Å². The molecule has 0 fully saturated rings. The largest absolute Gasteiger partial charge is 0.372 e. The Hall–Kier alpha value is -1.83. The monoisotopic (exact) mass is 212 g/mol. The summed E-state index contributed by atoms with van der Waals surface area (Å²) in [4.78, 5) is 4.26. The number of nitrogens with one attached hydrogen (secondary N) is 1. The van der Waals surface area contributed by atoms with Gasteiger partial charge in [-0.25, -0.2) is 0 Å². The molecule has 1 atom stereocenters. The number of benzene rings is 2. The van der Waals surface area contributed by atoms with Crippen LogP contribution in [0.3, 0.4) is 0 Å². The van der Waals surface area contributed by atoms with E-state index in [2.05, 4.69) is 52.8 Å². The molecule has 0 amide bonds. The average molecular weight is 212 g/mol. The van der Waals surface area contributed by atoms with Crippen molar-refractivity contribution < 1.29 is 1.37 Å². The second kappa shape index (κ2) is 3.97. The molecule has 1 heterocycles. The third-order valence-corrected chi connectivity index (χ3v) is 2.88. The Labute approximate surface area is 96.4 Å². The zero-order valence-corrected chi connectivity index (χ0v) is 8.98. The highest BCUT2D eigenvalue weighted by molar-refractivity contribution is 5.92. The molecular weight excluding hydrogens is 196 g/mol. The van der Waals surface area contributed by atoms with Crippen LogP contribution in [0, 0.1) is 0 Å². The number of hydrogen-bond donors (Lipinski definition) is 1. The van der Waals surface area contributed by atoms with E-state index in [1.54, 1.807) is 0 Å². The van der Waals surface area contributed by atoms with Gasteiger partial charge in [0.2, 0.25) is 0 Å². The second-order valence-corrected chi connectivity index (χ2v) is 3.95. The first-order chi connectivity index (χ1) is 8.33. The van der Waals surface area contributed by atoms with Crippen LogP contribution in [0.1, 0.15) is 6.93 Å². The number of hydrogen-bond acceptors (Lipinski definition) is 2. The van der Waals surface area contributed by atoms with Crippen LogP contribution >= 0.6 is 0 Å². The van der Waals surface area contributed by atoms with Crippen LogP contribution in [-0.2, 0) is 6.42 Å². The number of aliphatic imine (C=N–C) groups is 1. The number of rotatable bonds is 2. The highest BCUT2D eigenvalue weighted by Gasteiger charge is 2.07. The summed E-state index contributed by atoms with van der Waals surface area (Å²) in [6.45, 7) is 0.306. The molecule has 0 aliphatic carbocycles. The molecule has 1 aliphatic heterocycles. The summed E-state index contributed by atoms with van der Waals surface area (Å²) in [6.07, 6.45) is 0.788. The van der Waals surface area contributed by atoms with E-state index in [-0.39, 0.29) is 6.52 Å². The molecule has 2 nitrogen and oxygen atoms in total. The van der Waals surface area contributed by atoms with Gasteiger partial charge in [0, 0.05) is 13.0 Å². The zero-order chi connectivity index (χ0) is 11.7. The van der Waals surface area contributed by atoms with Crippen LogP contribution in [0.5, 0.6) is 0 Å². The number of fused-ring (bicyclic) bond motifs is 1. The lowest BCUT2D eigenvalue weighted by atomic mass is 10.0. The highest BCUT2D eigenvalue weighted by atomic mass is 15.1. The fourth-order valence-electron chi connectivity index (χ4n) is 2.10. The van der Waals surface area contributed by atoms with Gasteiger partial charge >= 0.3 is 0 Å². The summed E-state index contributed by atoms with van der Waals surface area (Å²) >= 11 is 0. The fraction of sp³-hybridized carbons (Fsp3) is 0.214. The standard InChI is InChI=1S/C14H14N2/c1-2-7-13-11(4-1)5-3-6-12(13)10-14-15-8-9-16-14/h1-7H,8-10H2,(H,15,16)/i8T. The van der Waals surface area contributed by atoms with Crippen LogP contribution in [-0.4, -0.2) is 18.9 Å². The lowest BCUT2D eigenvalue weighted by Gasteiger charge is -2.06. The SMILES string of the molecule is [3H]C1CNC(Cc2cccc3ccccc23)=N1. The smallest absolute Gasteiger partial charge is 0.101 e. The maximum absolute atomic E-state index is 7.54. The lowest BCUT2D eigenvalue weighted by Crippen LogP contribution is -2.20. The molecule has 0 saturated carbocycles. The molecule has 1 N–H and O–H groups in total. The van der Waals surface area contributed by atoms with E-state index in [1.165, 1.54) is 16.3 Å². The van der Waals surface area contributed by atoms with Crippen molar-refractivity contribution in [1.29, 1.82) is 0 Å².